The fourth-order valence-corrected chi connectivity index (χ4v) is 1.69. The summed E-state index contributed by atoms with van der Waals surface area (Å²) in [4.78, 5) is 11.7. The van der Waals surface area contributed by atoms with E-state index in [4.69, 9.17) is 14.9 Å². The van der Waals surface area contributed by atoms with Gasteiger partial charge in [0.1, 0.15) is 0 Å². The van der Waals surface area contributed by atoms with Gasteiger partial charge in [-0.05, 0) is 23.3 Å². The first-order chi connectivity index (χ1) is 8.20. The van der Waals surface area contributed by atoms with E-state index in [1.54, 1.807) is 12.1 Å². The minimum atomic E-state index is -0.920. The molecule has 1 aliphatic rings. The number of rotatable bonds is 4. The van der Waals surface area contributed by atoms with Crippen LogP contribution in [0.1, 0.15) is 21.5 Å². The number of hydrogen-bond donors (Lipinski definition) is 3. The van der Waals surface area contributed by atoms with Crippen molar-refractivity contribution < 1.29 is 19.7 Å². The lowest BCUT2D eigenvalue weighted by Gasteiger charge is -2.09. The highest BCUT2D eigenvalue weighted by atomic mass is 16.5. The summed E-state index contributed by atoms with van der Waals surface area (Å²) in [7, 11) is 0. The molecule has 5 heteroatoms. The van der Waals surface area contributed by atoms with E-state index in [9.17, 15) is 4.79 Å². The third-order valence-corrected chi connectivity index (χ3v) is 2.69. The quantitative estimate of drug-likeness (QED) is 0.677. The second-order valence-corrected chi connectivity index (χ2v) is 4.02. The van der Waals surface area contributed by atoms with Gasteiger partial charge in [0.05, 0.1) is 25.9 Å². The van der Waals surface area contributed by atoms with Crippen molar-refractivity contribution in [2.24, 2.45) is 0 Å². The first-order valence-corrected chi connectivity index (χ1v) is 5.47. The summed E-state index contributed by atoms with van der Waals surface area (Å²) in [5, 5.41) is 20.3. The summed E-state index contributed by atoms with van der Waals surface area (Å²) in [5.74, 6) is -0.257. The zero-order valence-corrected chi connectivity index (χ0v) is 9.35. The molecule has 1 aromatic rings. The molecule has 0 bridgehead atoms. The number of carbonyl (C=O) groups is 1. The summed E-state index contributed by atoms with van der Waals surface area (Å²) in [6, 6.07) is 5.40. The summed E-state index contributed by atoms with van der Waals surface area (Å²) in [6.07, 6.45) is -0.920. The molecule has 0 saturated carbocycles. The largest absolute Gasteiger partial charge is 0.394 e. The fourth-order valence-electron chi connectivity index (χ4n) is 1.69. The maximum absolute atomic E-state index is 11.7. The van der Waals surface area contributed by atoms with Crippen molar-refractivity contribution in [1.82, 2.24) is 5.32 Å². The van der Waals surface area contributed by atoms with Crippen molar-refractivity contribution in [1.29, 1.82) is 0 Å². The van der Waals surface area contributed by atoms with E-state index in [0.717, 1.165) is 11.1 Å². The van der Waals surface area contributed by atoms with E-state index < -0.39 is 6.10 Å². The standard InChI is InChI=1S/C12H15NO4/c14-5-11(15)4-13-12(16)8-1-2-9-6-17-7-10(9)3-8/h1-3,11,14-15H,4-7H2,(H,13,16). The molecular formula is C12H15NO4. The van der Waals surface area contributed by atoms with Crippen molar-refractivity contribution in [2.45, 2.75) is 19.3 Å². The lowest BCUT2D eigenvalue weighted by molar-refractivity contribution is 0.0802. The molecule has 1 aromatic carbocycles. The maximum Gasteiger partial charge on any atom is 0.251 e. The van der Waals surface area contributed by atoms with Crippen LogP contribution in [0.5, 0.6) is 0 Å². The van der Waals surface area contributed by atoms with Gasteiger partial charge in [-0.1, -0.05) is 6.07 Å². The van der Waals surface area contributed by atoms with E-state index >= 15 is 0 Å². The second kappa shape index (κ2) is 5.27. The van der Waals surface area contributed by atoms with Gasteiger partial charge in [0.15, 0.2) is 0 Å². The van der Waals surface area contributed by atoms with Crippen LogP contribution in [0.25, 0.3) is 0 Å². The monoisotopic (exact) mass is 237 g/mol. The normalized spacial score (nSPS) is 15.4. The van der Waals surface area contributed by atoms with E-state index in [1.807, 2.05) is 6.07 Å². The van der Waals surface area contributed by atoms with Crippen LogP contribution >= 0.6 is 0 Å². The van der Waals surface area contributed by atoms with Gasteiger partial charge < -0.3 is 20.3 Å². The predicted molar refractivity (Wildman–Crippen MR) is 60.4 cm³/mol. The molecule has 3 N–H and O–H groups in total. The minimum Gasteiger partial charge on any atom is -0.394 e. The average Bonchev–Trinajstić information content (AvgIpc) is 2.82. The average molecular weight is 237 g/mol. The van der Waals surface area contributed by atoms with Crippen LogP contribution in [-0.4, -0.2) is 35.4 Å². The smallest absolute Gasteiger partial charge is 0.251 e. The maximum atomic E-state index is 11.7. The molecule has 0 spiro atoms. The molecule has 0 fully saturated rings. The van der Waals surface area contributed by atoms with E-state index in [2.05, 4.69) is 5.32 Å². The van der Waals surface area contributed by atoms with Gasteiger partial charge in [-0.25, -0.2) is 0 Å². The van der Waals surface area contributed by atoms with Crippen molar-refractivity contribution in [2.75, 3.05) is 13.2 Å². The Kier molecular flexibility index (Phi) is 3.73. The summed E-state index contributed by atoms with van der Waals surface area (Å²) in [5.41, 5.74) is 2.68. The highest BCUT2D eigenvalue weighted by molar-refractivity contribution is 5.94. The molecule has 0 aromatic heterocycles. The number of amides is 1. The number of nitrogens with one attached hydrogen (secondary N) is 1. The van der Waals surface area contributed by atoms with Gasteiger partial charge in [-0.2, -0.15) is 0 Å². The van der Waals surface area contributed by atoms with Crippen LogP contribution in [0.15, 0.2) is 18.2 Å². The van der Waals surface area contributed by atoms with Crippen molar-refractivity contribution in [3.8, 4) is 0 Å². The summed E-state index contributed by atoms with van der Waals surface area (Å²) in [6.45, 7) is 0.817. The van der Waals surface area contributed by atoms with E-state index in [-0.39, 0.29) is 19.1 Å². The molecule has 0 radical (unpaired) electrons. The molecule has 92 valence electrons. The number of aliphatic hydroxyl groups is 2. The molecule has 0 saturated heterocycles. The molecule has 1 amide bonds. The number of ether oxygens (including phenoxy) is 1. The van der Waals surface area contributed by atoms with Gasteiger partial charge in [0, 0.05) is 12.1 Å². The molecule has 5 nitrogen and oxygen atoms in total. The van der Waals surface area contributed by atoms with Crippen molar-refractivity contribution in [3.63, 3.8) is 0 Å². The third kappa shape index (κ3) is 2.82. The van der Waals surface area contributed by atoms with Crippen molar-refractivity contribution in [3.05, 3.63) is 34.9 Å². The molecule has 1 heterocycles. The van der Waals surface area contributed by atoms with Gasteiger partial charge in [0.25, 0.3) is 5.91 Å². The summed E-state index contributed by atoms with van der Waals surface area (Å²) >= 11 is 0. The summed E-state index contributed by atoms with van der Waals surface area (Å²) < 4.78 is 5.26. The first kappa shape index (κ1) is 12.0. The SMILES string of the molecule is O=C(NCC(O)CO)c1ccc2c(c1)COC2. The highest BCUT2D eigenvalue weighted by Gasteiger charge is 2.14. The minimum absolute atomic E-state index is 0.0446. The number of aliphatic hydroxyl groups excluding tert-OH is 2. The topological polar surface area (TPSA) is 78.8 Å². The Bertz CT molecular complexity index is 419. The number of benzene rings is 1. The Labute approximate surface area is 99.0 Å². The Morgan fingerprint density at radius 3 is 2.94 bits per heavy atom. The Balaban J connectivity index is 2.00. The van der Waals surface area contributed by atoms with Crippen LogP contribution < -0.4 is 5.32 Å². The molecule has 2 rings (SSSR count). The zero-order chi connectivity index (χ0) is 12.3. The lowest BCUT2D eigenvalue weighted by Crippen LogP contribution is -2.33. The molecule has 1 aliphatic heterocycles. The molecule has 17 heavy (non-hydrogen) atoms. The van der Waals surface area contributed by atoms with Crippen LogP contribution in [0.2, 0.25) is 0 Å². The van der Waals surface area contributed by atoms with E-state index in [1.165, 1.54) is 0 Å². The lowest BCUT2D eigenvalue weighted by atomic mass is 10.1. The fraction of sp³-hybridized carbons (Fsp3) is 0.417. The van der Waals surface area contributed by atoms with Crippen molar-refractivity contribution >= 4 is 5.91 Å². The zero-order valence-electron chi connectivity index (χ0n) is 9.35. The third-order valence-electron chi connectivity index (χ3n) is 2.69. The predicted octanol–water partition coefficient (Wildman–Crippen LogP) is -0.200. The van der Waals surface area contributed by atoms with Gasteiger partial charge >= 0.3 is 0 Å². The number of fused-ring (bicyclic) bond motifs is 1. The second-order valence-electron chi connectivity index (χ2n) is 4.02. The highest BCUT2D eigenvalue weighted by Crippen LogP contribution is 2.20. The molecule has 1 atom stereocenters. The van der Waals surface area contributed by atoms with Gasteiger partial charge in [-0.3, -0.25) is 4.79 Å². The van der Waals surface area contributed by atoms with Crippen LogP contribution in [-0.2, 0) is 18.0 Å². The van der Waals surface area contributed by atoms with Crippen LogP contribution in [0.4, 0.5) is 0 Å². The Morgan fingerprint density at radius 1 is 1.41 bits per heavy atom. The molecular weight excluding hydrogens is 222 g/mol. The molecule has 0 aliphatic carbocycles. The number of carbonyl (C=O) groups excluding carboxylic acids is 1. The Morgan fingerprint density at radius 2 is 2.18 bits per heavy atom. The van der Waals surface area contributed by atoms with E-state index in [0.29, 0.717) is 18.8 Å². The number of hydrogen-bond acceptors (Lipinski definition) is 4. The first-order valence-electron chi connectivity index (χ1n) is 5.47. The van der Waals surface area contributed by atoms with Crippen LogP contribution in [0.3, 0.4) is 0 Å². The van der Waals surface area contributed by atoms with Gasteiger partial charge in [0.2, 0.25) is 0 Å². The van der Waals surface area contributed by atoms with Crippen LogP contribution in [0, 0.1) is 0 Å². The van der Waals surface area contributed by atoms with Gasteiger partial charge in [-0.15, -0.1) is 0 Å². The Hall–Kier alpha value is -1.43. The molecule has 1 unspecified atom stereocenters.